The van der Waals surface area contributed by atoms with Crippen LogP contribution in [0.2, 0.25) is 0 Å². The van der Waals surface area contributed by atoms with E-state index in [-0.39, 0.29) is 18.0 Å². The van der Waals surface area contributed by atoms with Crippen molar-refractivity contribution in [3.8, 4) is 0 Å². The summed E-state index contributed by atoms with van der Waals surface area (Å²) in [5.74, 6) is -0.144. The van der Waals surface area contributed by atoms with Crippen molar-refractivity contribution in [3.05, 3.63) is 77.0 Å². The molecule has 3 nitrogen and oxygen atoms in total. The summed E-state index contributed by atoms with van der Waals surface area (Å²) in [7, 11) is 0. The summed E-state index contributed by atoms with van der Waals surface area (Å²) in [6.45, 7) is 4.03. The van der Waals surface area contributed by atoms with Crippen molar-refractivity contribution in [2.24, 2.45) is 0 Å². The molecule has 0 aliphatic carbocycles. The molecular weight excluding hydrogens is 320 g/mol. The minimum atomic E-state index is -0.188. The highest BCUT2D eigenvalue weighted by Gasteiger charge is 2.32. The predicted octanol–water partition coefficient (Wildman–Crippen LogP) is 4.50. The molecule has 1 aliphatic rings. The van der Waals surface area contributed by atoms with Gasteiger partial charge >= 0.3 is 0 Å². The number of fused-ring (bicyclic) bond motifs is 1. The molecule has 1 N–H and O–H groups in total. The fraction of sp³-hybridized carbons (Fsp3) is 0.250. The third-order valence-corrected chi connectivity index (χ3v) is 4.75. The number of hydrogen-bond acceptors (Lipinski definition) is 2. The molecule has 0 aromatic heterocycles. The van der Waals surface area contributed by atoms with Crippen LogP contribution >= 0.6 is 11.8 Å². The molecule has 1 amide bonds. The standard InChI is InChI=1S/C20H21ClN2O/c1-3-14(2)22-20(24)18-13-16-11-7-8-12-17(16)19(23(18)21)15-9-5-4-6-10-15/h4-14,19H,3H2,1-2H3,(H,22,24). The van der Waals surface area contributed by atoms with Crippen LogP contribution in [0.15, 0.2) is 60.3 Å². The quantitative estimate of drug-likeness (QED) is 0.831. The van der Waals surface area contributed by atoms with E-state index < -0.39 is 0 Å². The van der Waals surface area contributed by atoms with Gasteiger partial charge in [0, 0.05) is 17.8 Å². The Bertz CT molecular complexity index is 757. The number of halogens is 1. The van der Waals surface area contributed by atoms with Crippen molar-refractivity contribution < 1.29 is 4.79 Å². The van der Waals surface area contributed by atoms with E-state index in [1.165, 1.54) is 0 Å². The summed E-state index contributed by atoms with van der Waals surface area (Å²) in [5.41, 5.74) is 3.66. The molecule has 1 aliphatic heterocycles. The molecule has 2 unspecified atom stereocenters. The van der Waals surface area contributed by atoms with E-state index in [0.29, 0.717) is 5.70 Å². The van der Waals surface area contributed by atoms with Gasteiger partial charge in [0.25, 0.3) is 5.91 Å². The maximum absolute atomic E-state index is 12.7. The van der Waals surface area contributed by atoms with E-state index in [1.54, 1.807) is 4.42 Å². The molecule has 0 fully saturated rings. The second-order valence-corrected chi connectivity index (χ2v) is 6.43. The lowest BCUT2D eigenvalue weighted by molar-refractivity contribution is -0.119. The summed E-state index contributed by atoms with van der Waals surface area (Å²) in [6.07, 6.45) is 2.74. The zero-order valence-electron chi connectivity index (χ0n) is 13.9. The van der Waals surface area contributed by atoms with Crippen molar-refractivity contribution >= 4 is 23.8 Å². The second-order valence-electron chi connectivity index (χ2n) is 6.07. The first-order valence-electron chi connectivity index (χ1n) is 8.23. The van der Waals surface area contributed by atoms with E-state index in [2.05, 4.69) is 11.4 Å². The molecule has 2 aromatic carbocycles. The molecule has 1 heterocycles. The van der Waals surface area contributed by atoms with Gasteiger partial charge in [-0.05, 0) is 36.1 Å². The molecule has 24 heavy (non-hydrogen) atoms. The molecule has 2 aromatic rings. The van der Waals surface area contributed by atoms with Crippen molar-refractivity contribution in [2.75, 3.05) is 0 Å². The van der Waals surface area contributed by atoms with Crippen LogP contribution in [0.4, 0.5) is 0 Å². The van der Waals surface area contributed by atoms with E-state index >= 15 is 0 Å². The van der Waals surface area contributed by atoms with Gasteiger partial charge in [-0.1, -0.05) is 61.5 Å². The van der Waals surface area contributed by atoms with Crippen LogP contribution in [0.25, 0.3) is 6.08 Å². The van der Waals surface area contributed by atoms with E-state index in [0.717, 1.165) is 23.1 Å². The number of rotatable bonds is 4. The Morgan fingerprint density at radius 3 is 2.54 bits per heavy atom. The van der Waals surface area contributed by atoms with Gasteiger partial charge < -0.3 is 5.32 Å². The van der Waals surface area contributed by atoms with Crippen molar-refractivity contribution in [2.45, 2.75) is 32.4 Å². The Morgan fingerprint density at radius 1 is 1.17 bits per heavy atom. The first-order valence-corrected chi connectivity index (χ1v) is 8.57. The zero-order chi connectivity index (χ0) is 17.1. The second kappa shape index (κ2) is 7.10. The minimum Gasteiger partial charge on any atom is -0.348 e. The summed E-state index contributed by atoms with van der Waals surface area (Å²) < 4.78 is 1.55. The zero-order valence-corrected chi connectivity index (χ0v) is 14.6. The van der Waals surface area contributed by atoms with Crippen molar-refractivity contribution in [1.82, 2.24) is 9.74 Å². The van der Waals surface area contributed by atoms with Gasteiger partial charge in [-0.3, -0.25) is 9.21 Å². The van der Waals surface area contributed by atoms with Crippen LogP contribution in [-0.4, -0.2) is 16.4 Å². The van der Waals surface area contributed by atoms with E-state index in [4.69, 9.17) is 11.8 Å². The van der Waals surface area contributed by atoms with Gasteiger partial charge in [0.1, 0.15) is 5.70 Å². The van der Waals surface area contributed by atoms with Gasteiger partial charge in [0.2, 0.25) is 0 Å². The molecule has 124 valence electrons. The molecule has 0 saturated heterocycles. The molecular formula is C20H21ClN2O. The Morgan fingerprint density at radius 2 is 1.83 bits per heavy atom. The Labute approximate surface area is 148 Å². The van der Waals surface area contributed by atoms with Crippen molar-refractivity contribution in [3.63, 3.8) is 0 Å². The summed E-state index contributed by atoms with van der Waals surface area (Å²) in [5, 5.41) is 3.00. The molecule has 0 saturated carbocycles. The Kier molecular flexibility index (Phi) is 4.91. The largest absolute Gasteiger partial charge is 0.348 e. The van der Waals surface area contributed by atoms with Crippen LogP contribution in [-0.2, 0) is 4.79 Å². The highest BCUT2D eigenvalue weighted by Crippen LogP contribution is 2.39. The topological polar surface area (TPSA) is 32.3 Å². The summed E-state index contributed by atoms with van der Waals surface area (Å²) in [4.78, 5) is 12.7. The highest BCUT2D eigenvalue weighted by molar-refractivity contribution is 6.19. The Balaban J connectivity index is 2.03. The van der Waals surface area contributed by atoms with Gasteiger partial charge in [-0.15, -0.1) is 0 Å². The van der Waals surface area contributed by atoms with Crippen LogP contribution in [0.1, 0.15) is 43.0 Å². The first kappa shape index (κ1) is 16.6. The lowest BCUT2D eigenvalue weighted by Crippen LogP contribution is -2.38. The fourth-order valence-corrected chi connectivity index (χ4v) is 3.21. The smallest absolute Gasteiger partial charge is 0.269 e. The van der Waals surface area contributed by atoms with Crippen LogP contribution in [0, 0.1) is 0 Å². The molecule has 0 spiro atoms. The van der Waals surface area contributed by atoms with Crippen molar-refractivity contribution in [1.29, 1.82) is 0 Å². The number of carbonyl (C=O) groups excluding carboxylic acids is 1. The lowest BCUT2D eigenvalue weighted by atomic mass is 9.90. The molecule has 3 rings (SSSR count). The van der Waals surface area contributed by atoms with E-state index in [9.17, 15) is 4.79 Å². The molecule has 0 bridgehead atoms. The lowest BCUT2D eigenvalue weighted by Gasteiger charge is -2.34. The number of carbonyl (C=O) groups is 1. The average Bonchev–Trinajstić information content (AvgIpc) is 2.61. The van der Waals surface area contributed by atoms with Gasteiger partial charge in [-0.2, -0.15) is 0 Å². The van der Waals surface area contributed by atoms with Crippen LogP contribution in [0.3, 0.4) is 0 Å². The highest BCUT2D eigenvalue weighted by atomic mass is 35.5. The molecule has 4 heteroatoms. The minimum absolute atomic E-state index is 0.107. The summed E-state index contributed by atoms with van der Waals surface area (Å²) in [6, 6.07) is 18.0. The Hall–Kier alpha value is -2.26. The normalized spacial score (nSPS) is 17.7. The van der Waals surface area contributed by atoms with Crippen LogP contribution in [0.5, 0.6) is 0 Å². The predicted molar refractivity (Wildman–Crippen MR) is 98.3 cm³/mol. The fourth-order valence-electron chi connectivity index (χ4n) is 2.87. The summed E-state index contributed by atoms with van der Waals surface area (Å²) >= 11 is 6.64. The number of nitrogens with one attached hydrogen (secondary N) is 1. The van der Waals surface area contributed by atoms with Gasteiger partial charge in [0.15, 0.2) is 0 Å². The third-order valence-electron chi connectivity index (χ3n) is 4.38. The van der Waals surface area contributed by atoms with Gasteiger partial charge in [0.05, 0.1) is 6.04 Å². The SMILES string of the molecule is CCC(C)NC(=O)C1=Cc2ccccc2C(c2ccccc2)N1Cl. The number of benzene rings is 2. The monoisotopic (exact) mass is 340 g/mol. The van der Waals surface area contributed by atoms with Crippen LogP contribution < -0.4 is 5.32 Å². The van der Waals surface area contributed by atoms with E-state index in [1.807, 2.05) is 68.5 Å². The molecule has 2 atom stereocenters. The number of nitrogens with zero attached hydrogens (tertiary/aromatic N) is 1. The average molecular weight is 341 g/mol. The number of amides is 1. The van der Waals surface area contributed by atoms with Gasteiger partial charge in [-0.25, -0.2) is 0 Å². The first-order chi connectivity index (χ1) is 11.6. The molecule has 0 radical (unpaired) electrons. The third kappa shape index (κ3) is 3.17. The maximum Gasteiger partial charge on any atom is 0.269 e. The maximum atomic E-state index is 12.7. The number of hydrogen-bond donors (Lipinski definition) is 1.